The number of allylic oxidation sites excluding steroid dienone is 1. The summed E-state index contributed by atoms with van der Waals surface area (Å²) in [6.07, 6.45) is 1.62. The van der Waals surface area contributed by atoms with E-state index >= 15 is 0 Å². The summed E-state index contributed by atoms with van der Waals surface area (Å²) in [6, 6.07) is 20.5. The summed E-state index contributed by atoms with van der Waals surface area (Å²) in [5, 5.41) is 13.1. The highest BCUT2D eigenvalue weighted by Crippen LogP contribution is 2.36. The molecular weight excluding hydrogens is 570 g/mol. The third kappa shape index (κ3) is 4.93. The molecule has 0 amide bonds. The number of nitro benzene ring substituents is 1. The van der Waals surface area contributed by atoms with E-state index in [1.54, 1.807) is 42.7 Å². The maximum atomic E-state index is 14.0. The number of non-ortho nitro benzene ring substituents is 1. The number of ether oxygens (including phenoxy) is 2. The summed E-state index contributed by atoms with van der Waals surface area (Å²) in [6.45, 7) is 3.67. The largest absolute Gasteiger partial charge is 0.496 e. The van der Waals surface area contributed by atoms with Gasteiger partial charge in [-0.1, -0.05) is 53.8 Å². The second-order valence-corrected chi connectivity index (χ2v) is 10.7. The molecule has 0 bridgehead atoms. The van der Waals surface area contributed by atoms with Crippen molar-refractivity contribution < 1.29 is 23.6 Å². The minimum Gasteiger partial charge on any atom is -0.496 e. The normalized spacial score (nSPS) is 14.9. The van der Waals surface area contributed by atoms with Gasteiger partial charge in [-0.15, -0.1) is 0 Å². The van der Waals surface area contributed by atoms with Crippen LogP contribution in [-0.2, 0) is 9.53 Å². The number of nitrogens with zero attached hydrogens (tertiary/aromatic N) is 3. The number of hydrogen-bond acceptors (Lipinski definition) is 9. The van der Waals surface area contributed by atoms with Gasteiger partial charge in [0.25, 0.3) is 11.2 Å². The van der Waals surface area contributed by atoms with E-state index in [9.17, 15) is 19.7 Å². The van der Waals surface area contributed by atoms with Crippen LogP contribution in [-0.4, -0.2) is 29.2 Å². The van der Waals surface area contributed by atoms with Gasteiger partial charge in [0.1, 0.15) is 17.3 Å². The molecule has 1 atom stereocenters. The number of esters is 1. The Morgan fingerprint density at radius 2 is 1.93 bits per heavy atom. The second kappa shape index (κ2) is 11.2. The molecule has 216 valence electrons. The van der Waals surface area contributed by atoms with E-state index in [-0.39, 0.29) is 23.6 Å². The van der Waals surface area contributed by atoms with Gasteiger partial charge >= 0.3 is 5.97 Å². The van der Waals surface area contributed by atoms with Gasteiger partial charge in [0.2, 0.25) is 0 Å². The Hall–Kier alpha value is -5.29. The number of thiazole rings is 1. The van der Waals surface area contributed by atoms with Crippen LogP contribution in [0, 0.1) is 10.1 Å². The first-order valence-electron chi connectivity index (χ1n) is 13.4. The summed E-state index contributed by atoms with van der Waals surface area (Å²) in [7, 11) is 1.42. The maximum Gasteiger partial charge on any atom is 0.338 e. The van der Waals surface area contributed by atoms with Gasteiger partial charge < -0.3 is 13.9 Å². The molecule has 0 N–H and O–H groups in total. The van der Waals surface area contributed by atoms with Crippen LogP contribution in [0.25, 0.3) is 28.2 Å². The molecule has 0 spiro atoms. The third-order valence-corrected chi connectivity index (χ3v) is 8.18. The Labute approximate surface area is 248 Å². The number of rotatable bonds is 7. The standard InChI is InChI=1S/C32H25N3O7S/c1-4-41-31(37)28-18(2)33-32-34(29(28)23-11-7-9-19-8-5-6-10-22(19)23)30(36)27(43-32)17-21-13-15-25(42-21)24-14-12-20(35(38)39)16-26(24)40-3/h5-17,29H,4H2,1-3H3/b27-17-/t29-/m0/s1. The molecule has 3 heterocycles. The smallest absolute Gasteiger partial charge is 0.338 e. The summed E-state index contributed by atoms with van der Waals surface area (Å²) in [4.78, 5) is 43.1. The zero-order valence-corrected chi connectivity index (χ0v) is 24.2. The molecule has 3 aromatic carbocycles. The summed E-state index contributed by atoms with van der Waals surface area (Å²) < 4.78 is 18.7. The molecule has 11 heteroatoms. The van der Waals surface area contributed by atoms with Crippen LogP contribution in [0.15, 0.2) is 98.3 Å². The van der Waals surface area contributed by atoms with Crippen molar-refractivity contribution in [3.63, 3.8) is 0 Å². The van der Waals surface area contributed by atoms with Crippen LogP contribution in [0.2, 0.25) is 0 Å². The van der Waals surface area contributed by atoms with Crippen molar-refractivity contribution in [3.05, 3.63) is 125 Å². The minimum absolute atomic E-state index is 0.105. The lowest BCUT2D eigenvalue weighted by molar-refractivity contribution is -0.384. The van der Waals surface area contributed by atoms with Crippen LogP contribution in [0.1, 0.15) is 31.2 Å². The van der Waals surface area contributed by atoms with Gasteiger partial charge in [0.05, 0.1) is 52.1 Å². The zero-order chi connectivity index (χ0) is 30.2. The molecule has 0 fully saturated rings. The lowest BCUT2D eigenvalue weighted by atomic mass is 9.91. The van der Waals surface area contributed by atoms with Gasteiger partial charge in [-0.25, -0.2) is 9.79 Å². The fraction of sp³-hybridized carbons (Fsp3) is 0.156. The topological polar surface area (TPSA) is 126 Å². The van der Waals surface area contributed by atoms with E-state index in [2.05, 4.69) is 4.99 Å². The van der Waals surface area contributed by atoms with Gasteiger partial charge in [-0.05, 0) is 48.4 Å². The maximum absolute atomic E-state index is 14.0. The molecule has 0 radical (unpaired) electrons. The van der Waals surface area contributed by atoms with Crippen molar-refractivity contribution in [2.24, 2.45) is 4.99 Å². The van der Waals surface area contributed by atoms with Gasteiger partial charge in [-0.2, -0.15) is 0 Å². The monoisotopic (exact) mass is 595 g/mol. The quantitative estimate of drug-likeness (QED) is 0.145. The Balaban J connectivity index is 1.49. The number of methoxy groups -OCH3 is 1. The fourth-order valence-electron chi connectivity index (χ4n) is 5.28. The van der Waals surface area contributed by atoms with Crippen molar-refractivity contribution in [2.45, 2.75) is 19.9 Å². The molecule has 0 aliphatic carbocycles. The van der Waals surface area contributed by atoms with E-state index in [4.69, 9.17) is 13.9 Å². The van der Waals surface area contributed by atoms with Crippen LogP contribution in [0.3, 0.4) is 0 Å². The van der Waals surface area contributed by atoms with E-state index in [0.29, 0.717) is 37.7 Å². The first-order chi connectivity index (χ1) is 20.8. The van der Waals surface area contributed by atoms with Gasteiger partial charge in [0.15, 0.2) is 4.80 Å². The van der Waals surface area contributed by atoms with Gasteiger partial charge in [-0.3, -0.25) is 19.5 Å². The Kier molecular flexibility index (Phi) is 7.24. The SMILES string of the molecule is CCOC(=O)C1=C(C)N=c2s/c(=C\c3ccc(-c4ccc([N+](=O)[O-])cc4OC)o3)c(=O)n2[C@H]1c1cccc2ccccc12. The molecular formula is C32H25N3O7S. The highest BCUT2D eigenvalue weighted by Gasteiger charge is 2.34. The molecule has 0 saturated carbocycles. The minimum atomic E-state index is -0.750. The molecule has 2 aromatic heterocycles. The molecule has 0 saturated heterocycles. The number of carbonyl (C=O) groups excluding carboxylic acids is 1. The van der Waals surface area contributed by atoms with Crippen LogP contribution in [0.5, 0.6) is 5.75 Å². The second-order valence-electron chi connectivity index (χ2n) is 9.71. The Morgan fingerprint density at radius 3 is 2.70 bits per heavy atom. The number of aromatic nitrogens is 1. The number of benzene rings is 3. The van der Waals surface area contributed by atoms with Crippen LogP contribution >= 0.6 is 11.3 Å². The highest BCUT2D eigenvalue weighted by atomic mass is 32.1. The molecule has 5 aromatic rings. The average molecular weight is 596 g/mol. The third-order valence-electron chi connectivity index (χ3n) is 7.20. The predicted octanol–water partition coefficient (Wildman–Crippen LogP) is 5.13. The molecule has 6 rings (SSSR count). The Bertz CT molecular complexity index is 2130. The predicted molar refractivity (Wildman–Crippen MR) is 162 cm³/mol. The lowest BCUT2D eigenvalue weighted by Gasteiger charge is -2.25. The summed E-state index contributed by atoms with van der Waals surface area (Å²) in [5.41, 5.74) is 1.67. The number of carbonyl (C=O) groups is 1. The number of nitro groups is 1. The Morgan fingerprint density at radius 1 is 1.14 bits per heavy atom. The van der Waals surface area contributed by atoms with E-state index in [1.807, 2.05) is 42.5 Å². The lowest BCUT2D eigenvalue weighted by Crippen LogP contribution is -2.40. The molecule has 1 aliphatic rings. The van der Waals surface area contributed by atoms with Crippen LogP contribution in [0.4, 0.5) is 5.69 Å². The molecule has 43 heavy (non-hydrogen) atoms. The van der Waals surface area contributed by atoms with E-state index in [1.165, 1.54) is 30.6 Å². The summed E-state index contributed by atoms with van der Waals surface area (Å²) >= 11 is 1.19. The van der Waals surface area contributed by atoms with Crippen molar-refractivity contribution >= 4 is 39.8 Å². The summed E-state index contributed by atoms with van der Waals surface area (Å²) in [5.74, 6) is 0.568. The zero-order valence-electron chi connectivity index (χ0n) is 23.4. The number of hydrogen-bond donors (Lipinski definition) is 0. The first-order valence-corrected chi connectivity index (χ1v) is 14.2. The van der Waals surface area contributed by atoms with Crippen molar-refractivity contribution in [1.29, 1.82) is 0 Å². The molecule has 10 nitrogen and oxygen atoms in total. The molecule has 1 aliphatic heterocycles. The fourth-order valence-corrected chi connectivity index (χ4v) is 6.30. The number of furan rings is 1. The molecule has 0 unspecified atom stereocenters. The van der Waals surface area contributed by atoms with Crippen molar-refractivity contribution in [2.75, 3.05) is 13.7 Å². The number of fused-ring (bicyclic) bond motifs is 2. The van der Waals surface area contributed by atoms with E-state index < -0.39 is 16.9 Å². The van der Waals surface area contributed by atoms with Crippen molar-refractivity contribution in [1.82, 2.24) is 4.57 Å². The van der Waals surface area contributed by atoms with Crippen molar-refractivity contribution in [3.8, 4) is 17.1 Å². The van der Waals surface area contributed by atoms with Gasteiger partial charge in [0, 0.05) is 12.1 Å². The first kappa shape index (κ1) is 27.9. The van der Waals surface area contributed by atoms with E-state index in [0.717, 1.165) is 16.3 Å². The highest BCUT2D eigenvalue weighted by molar-refractivity contribution is 7.07. The average Bonchev–Trinajstić information content (AvgIpc) is 3.59. The van der Waals surface area contributed by atoms with Crippen LogP contribution < -0.4 is 19.6 Å².